The number of pyridine rings is 1. The van der Waals surface area contributed by atoms with Crippen molar-refractivity contribution in [2.45, 2.75) is 32.7 Å². The van der Waals surface area contributed by atoms with Crippen LogP contribution >= 0.6 is 0 Å². The van der Waals surface area contributed by atoms with E-state index < -0.39 is 5.91 Å². The van der Waals surface area contributed by atoms with Gasteiger partial charge in [0.1, 0.15) is 5.82 Å². The first kappa shape index (κ1) is 13.8. The number of rotatable bonds is 5. The Bertz CT molecular complexity index is 496. The number of carbonyl (C=O) groups is 1. The van der Waals surface area contributed by atoms with Crippen LogP contribution in [0.5, 0.6) is 0 Å². The third kappa shape index (κ3) is 2.71. The number of amides is 1. The summed E-state index contributed by atoms with van der Waals surface area (Å²) < 4.78 is 0. The van der Waals surface area contributed by atoms with Gasteiger partial charge in [-0.15, -0.1) is 0 Å². The van der Waals surface area contributed by atoms with Gasteiger partial charge in [-0.2, -0.15) is 0 Å². The van der Waals surface area contributed by atoms with Crippen LogP contribution in [0, 0.1) is 19.8 Å². The highest BCUT2D eigenvalue weighted by atomic mass is 16.1. The van der Waals surface area contributed by atoms with E-state index in [0.29, 0.717) is 23.8 Å². The minimum Gasteiger partial charge on any atom is -0.365 e. The Balaban J connectivity index is 2.44. The summed E-state index contributed by atoms with van der Waals surface area (Å²) in [6.45, 7) is 4.37. The van der Waals surface area contributed by atoms with Crippen LogP contribution in [0.25, 0.3) is 0 Å². The van der Waals surface area contributed by atoms with Crippen molar-refractivity contribution in [1.29, 1.82) is 0 Å². The van der Waals surface area contributed by atoms with Gasteiger partial charge in [0, 0.05) is 25.3 Å². The van der Waals surface area contributed by atoms with E-state index in [1.54, 1.807) is 0 Å². The quantitative estimate of drug-likeness (QED) is 0.828. The molecule has 5 nitrogen and oxygen atoms in total. The summed E-state index contributed by atoms with van der Waals surface area (Å²) in [6, 6.07) is 2.11. The number of likely N-dealkylation sites (N-methyl/N-ethyl adjacent to an activating group) is 1. The van der Waals surface area contributed by atoms with Gasteiger partial charge in [-0.1, -0.05) is 0 Å². The van der Waals surface area contributed by atoms with Gasteiger partial charge < -0.3 is 16.4 Å². The molecule has 2 rings (SSSR count). The van der Waals surface area contributed by atoms with Crippen molar-refractivity contribution in [2.75, 3.05) is 18.5 Å². The number of nitrogens with zero attached hydrogens (tertiary/aromatic N) is 2. The molecular weight excluding hydrogens is 240 g/mol. The van der Waals surface area contributed by atoms with Crippen LogP contribution in [-0.2, 0) is 0 Å². The number of anilines is 1. The van der Waals surface area contributed by atoms with Crippen molar-refractivity contribution < 1.29 is 4.79 Å². The van der Waals surface area contributed by atoms with Crippen molar-refractivity contribution in [2.24, 2.45) is 17.4 Å². The third-order valence-corrected chi connectivity index (χ3v) is 3.81. The predicted octanol–water partition coefficient (Wildman–Crippen LogP) is 0.971. The summed E-state index contributed by atoms with van der Waals surface area (Å²) in [5, 5.41) is 0. The fourth-order valence-corrected chi connectivity index (χ4v) is 2.68. The van der Waals surface area contributed by atoms with Gasteiger partial charge in [0.25, 0.3) is 5.91 Å². The predicted molar refractivity (Wildman–Crippen MR) is 76.2 cm³/mol. The van der Waals surface area contributed by atoms with Gasteiger partial charge in [-0.05, 0) is 44.2 Å². The Morgan fingerprint density at radius 2 is 2.16 bits per heavy atom. The average Bonchev–Trinajstić information content (AvgIpc) is 3.12. The van der Waals surface area contributed by atoms with E-state index in [-0.39, 0.29) is 6.04 Å². The molecule has 0 aromatic carbocycles. The van der Waals surface area contributed by atoms with Crippen molar-refractivity contribution in [3.8, 4) is 0 Å². The van der Waals surface area contributed by atoms with Crippen LogP contribution < -0.4 is 16.4 Å². The van der Waals surface area contributed by atoms with E-state index in [1.807, 2.05) is 31.9 Å². The molecule has 1 amide bonds. The molecule has 1 aliphatic rings. The summed E-state index contributed by atoms with van der Waals surface area (Å²) in [5.74, 6) is 0.837. The normalized spacial score (nSPS) is 16.2. The van der Waals surface area contributed by atoms with Crippen molar-refractivity contribution in [3.05, 3.63) is 22.9 Å². The van der Waals surface area contributed by atoms with Gasteiger partial charge >= 0.3 is 0 Å². The van der Waals surface area contributed by atoms with Crippen LogP contribution in [0.15, 0.2) is 6.07 Å². The summed E-state index contributed by atoms with van der Waals surface area (Å²) in [5.41, 5.74) is 13.6. The van der Waals surface area contributed by atoms with E-state index in [0.717, 1.165) is 11.3 Å². The van der Waals surface area contributed by atoms with E-state index in [4.69, 9.17) is 11.5 Å². The minimum atomic E-state index is -0.432. The van der Waals surface area contributed by atoms with Gasteiger partial charge in [0.2, 0.25) is 0 Å². The van der Waals surface area contributed by atoms with Crippen molar-refractivity contribution in [1.82, 2.24) is 4.98 Å². The van der Waals surface area contributed by atoms with E-state index in [9.17, 15) is 4.79 Å². The minimum absolute atomic E-state index is 0.229. The standard InChI is InChI=1S/C14H22N4O/c1-8-6-9(2)17-14(12(8)13(16)19)18(3)11(7-15)10-4-5-10/h6,10-11H,4-5,7,15H2,1-3H3,(H2,16,19). The lowest BCUT2D eigenvalue weighted by Crippen LogP contribution is -2.41. The van der Waals surface area contributed by atoms with E-state index in [2.05, 4.69) is 4.98 Å². The molecule has 1 unspecified atom stereocenters. The maximum atomic E-state index is 11.7. The van der Waals surface area contributed by atoms with E-state index in [1.165, 1.54) is 12.8 Å². The highest BCUT2D eigenvalue weighted by molar-refractivity contribution is 5.99. The number of carbonyl (C=O) groups excluding carboxylic acids is 1. The zero-order valence-corrected chi connectivity index (χ0v) is 11.8. The molecule has 0 bridgehead atoms. The molecule has 19 heavy (non-hydrogen) atoms. The fraction of sp³-hybridized carbons (Fsp3) is 0.571. The van der Waals surface area contributed by atoms with Crippen LogP contribution in [0.1, 0.15) is 34.5 Å². The Labute approximate surface area is 114 Å². The molecule has 1 fully saturated rings. The Morgan fingerprint density at radius 3 is 2.63 bits per heavy atom. The molecule has 104 valence electrons. The molecule has 1 heterocycles. The smallest absolute Gasteiger partial charge is 0.252 e. The first-order valence-corrected chi connectivity index (χ1v) is 6.66. The largest absolute Gasteiger partial charge is 0.365 e. The second-order valence-corrected chi connectivity index (χ2v) is 5.39. The number of hydrogen-bond acceptors (Lipinski definition) is 4. The van der Waals surface area contributed by atoms with Crippen molar-refractivity contribution in [3.63, 3.8) is 0 Å². The summed E-state index contributed by atoms with van der Waals surface area (Å²) >= 11 is 0. The molecule has 1 aliphatic carbocycles. The molecule has 1 saturated carbocycles. The molecule has 0 saturated heterocycles. The second-order valence-electron chi connectivity index (χ2n) is 5.39. The summed E-state index contributed by atoms with van der Waals surface area (Å²) in [4.78, 5) is 18.2. The van der Waals surface area contributed by atoms with Gasteiger partial charge in [-0.3, -0.25) is 4.79 Å². The SMILES string of the molecule is Cc1cc(C)c(C(N)=O)c(N(C)C(CN)C2CC2)n1. The van der Waals surface area contributed by atoms with Crippen LogP contribution in [0.3, 0.4) is 0 Å². The van der Waals surface area contributed by atoms with Crippen LogP contribution in [0.2, 0.25) is 0 Å². The number of hydrogen-bond donors (Lipinski definition) is 2. The Hall–Kier alpha value is -1.62. The number of primary amides is 1. The lowest BCUT2D eigenvalue weighted by molar-refractivity contribution is 0.1000. The monoisotopic (exact) mass is 262 g/mol. The first-order chi connectivity index (χ1) is 8.95. The Kier molecular flexibility index (Phi) is 3.75. The fourth-order valence-electron chi connectivity index (χ4n) is 2.68. The van der Waals surface area contributed by atoms with Crippen molar-refractivity contribution >= 4 is 11.7 Å². The summed E-state index contributed by atoms with van der Waals surface area (Å²) in [6.07, 6.45) is 2.39. The Morgan fingerprint density at radius 1 is 1.53 bits per heavy atom. The molecule has 1 atom stereocenters. The highest BCUT2D eigenvalue weighted by Crippen LogP contribution is 2.36. The molecule has 1 aromatic rings. The zero-order chi connectivity index (χ0) is 14.2. The molecular formula is C14H22N4O. The summed E-state index contributed by atoms with van der Waals surface area (Å²) in [7, 11) is 1.95. The zero-order valence-electron chi connectivity index (χ0n) is 11.8. The molecule has 0 aliphatic heterocycles. The number of nitrogens with two attached hydrogens (primary N) is 2. The molecule has 0 radical (unpaired) electrons. The maximum absolute atomic E-state index is 11.7. The number of aryl methyl sites for hydroxylation is 2. The maximum Gasteiger partial charge on any atom is 0.252 e. The third-order valence-electron chi connectivity index (χ3n) is 3.81. The average molecular weight is 262 g/mol. The van der Waals surface area contributed by atoms with Crippen LogP contribution in [0.4, 0.5) is 5.82 Å². The topological polar surface area (TPSA) is 85.2 Å². The highest BCUT2D eigenvalue weighted by Gasteiger charge is 2.34. The number of aromatic nitrogens is 1. The van der Waals surface area contributed by atoms with Gasteiger partial charge in [-0.25, -0.2) is 4.98 Å². The second kappa shape index (κ2) is 5.17. The molecule has 5 heteroatoms. The molecule has 0 spiro atoms. The van der Waals surface area contributed by atoms with Crippen LogP contribution in [-0.4, -0.2) is 30.5 Å². The lowest BCUT2D eigenvalue weighted by atomic mass is 10.1. The molecule has 4 N–H and O–H groups in total. The van der Waals surface area contributed by atoms with Gasteiger partial charge in [0.15, 0.2) is 0 Å². The first-order valence-electron chi connectivity index (χ1n) is 6.66. The van der Waals surface area contributed by atoms with Gasteiger partial charge in [0.05, 0.1) is 5.56 Å². The van der Waals surface area contributed by atoms with E-state index >= 15 is 0 Å². The lowest BCUT2D eigenvalue weighted by Gasteiger charge is -2.30. The molecule has 1 aromatic heterocycles.